The molecule has 1 radical (unpaired) electrons. The van der Waals surface area contributed by atoms with Crippen LogP contribution in [-0.2, 0) is 0 Å². The van der Waals surface area contributed by atoms with Gasteiger partial charge in [-0.2, -0.15) is 0 Å². The minimum Gasteiger partial charge on any atom is -0.289 e. The standard InChI is InChI=1S/C20H33OP.Li/c1-12(2)11-22-20(21)19-17(14(5)6)9-16(13(3)4)10-18(19)15(7)8;/h9-10,12-15,22H,11H2,1-8H3;. The van der Waals surface area contributed by atoms with Crippen LogP contribution >= 0.6 is 8.58 Å². The first kappa shape index (κ1) is 22.9. The molecular formula is C20H33LiOP. The van der Waals surface area contributed by atoms with Gasteiger partial charge >= 0.3 is 0 Å². The van der Waals surface area contributed by atoms with Crippen molar-refractivity contribution in [1.29, 1.82) is 0 Å². The number of hydrogen-bond donors (Lipinski definition) is 0. The molecule has 0 spiro atoms. The molecule has 0 heterocycles. The predicted octanol–water partition coefficient (Wildman–Crippen LogP) is 6.15. The van der Waals surface area contributed by atoms with Gasteiger partial charge in [0.2, 0.25) is 0 Å². The molecule has 1 aromatic carbocycles. The van der Waals surface area contributed by atoms with Crippen LogP contribution in [0.3, 0.4) is 0 Å². The Balaban J connectivity index is 0.00000484. The molecule has 1 nitrogen and oxygen atoms in total. The minimum absolute atomic E-state index is 0. The first-order valence-corrected chi connectivity index (χ1v) is 9.81. The van der Waals surface area contributed by atoms with Gasteiger partial charge in [0.05, 0.1) is 0 Å². The average Bonchev–Trinajstić information content (AvgIpc) is 2.42. The van der Waals surface area contributed by atoms with Gasteiger partial charge in [-0.1, -0.05) is 67.5 Å². The van der Waals surface area contributed by atoms with Gasteiger partial charge in [0, 0.05) is 24.4 Å². The minimum atomic E-state index is 0. The van der Waals surface area contributed by atoms with Crippen molar-refractivity contribution in [1.82, 2.24) is 0 Å². The van der Waals surface area contributed by atoms with Crippen LogP contribution < -0.4 is 0 Å². The zero-order chi connectivity index (χ0) is 17.0. The van der Waals surface area contributed by atoms with E-state index in [-0.39, 0.29) is 18.9 Å². The van der Waals surface area contributed by atoms with Crippen LogP contribution in [0.25, 0.3) is 0 Å². The van der Waals surface area contributed by atoms with Crippen LogP contribution in [0, 0.1) is 5.92 Å². The van der Waals surface area contributed by atoms with Crippen molar-refractivity contribution in [2.75, 3.05) is 6.16 Å². The molecule has 0 saturated carbocycles. The Hall–Kier alpha value is -0.0826. The SMILES string of the molecule is CC(C)CPC(=O)c1c(C(C)C)cc(C(C)C)cc1C(C)C.[Li]. The molecule has 125 valence electrons. The number of hydrogen-bond acceptors (Lipinski definition) is 1. The molecule has 0 aromatic heterocycles. The van der Waals surface area contributed by atoms with Crippen molar-refractivity contribution in [3.8, 4) is 0 Å². The summed E-state index contributed by atoms with van der Waals surface area (Å²) in [6.07, 6.45) is 1.000. The summed E-state index contributed by atoms with van der Waals surface area (Å²) in [7, 11) is 0.394. The number of benzene rings is 1. The fraction of sp³-hybridized carbons (Fsp3) is 0.650. The smallest absolute Gasteiger partial charge is 0.181 e. The van der Waals surface area contributed by atoms with Crippen molar-refractivity contribution in [3.05, 3.63) is 34.4 Å². The molecule has 1 atom stereocenters. The second-order valence-corrected chi connectivity index (χ2v) is 8.86. The Morgan fingerprint density at radius 3 is 1.61 bits per heavy atom. The molecule has 0 aliphatic heterocycles. The molecule has 1 rings (SSSR count). The third kappa shape index (κ3) is 6.38. The topological polar surface area (TPSA) is 17.1 Å². The van der Waals surface area contributed by atoms with Gasteiger partial charge in [-0.3, -0.25) is 4.79 Å². The molecule has 1 unspecified atom stereocenters. The Kier molecular flexibility index (Phi) is 10.00. The van der Waals surface area contributed by atoms with E-state index in [2.05, 4.69) is 67.5 Å². The van der Waals surface area contributed by atoms with Gasteiger partial charge in [-0.25, -0.2) is 0 Å². The molecule has 0 aliphatic rings. The maximum atomic E-state index is 12.9. The Morgan fingerprint density at radius 2 is 1.30 bits per heavy atom. The van der Waals surface area contributed by atoms with Gasteiger partial charge in [0.25, 0.3) is 0 Å². The fourth-order valence-corrected chi connectivity index (χ4v) is 3.66. The van der Waals surface area contributed by atoms with E-state index >= 15 is 0 Å². The molecule has 3 heteroatoms. The molecule has 0 bridgehead atoms. The third-order valence-corrected chi connectivity index (χ3v) is 5.62. The summed E-state index contributed by atoms with van der Waals surface area (Å²) in [6, 6.07) is 4.54. The molecule has 0 saturated heterocycles. The van der Waals surface area contributed by atoms with Gasteiger partial charge in [0.1, 0.15) is 0 Å². The maximum Gasteiger partial charge on any atom is 0.181 e. The molecule has 0 aliphatic carbocycles. The van der Waals surface area contributed by atoms with Crippen molar-refractivity contribution >= 4 is 33.0 Å². The fourth-order valence-electron chi connectivity index (χ4n) is 2.60. The number of carbonyl (C=O) groups excluding carboxylic acids is 1. The monoisotopic (exact) mass is 327 g/mol. The average molecular weight is 327 g/mol. The van der Waals surface area contributed by atoms with Crippen LogP contribution in [0.15, 0.2) is 12.1 Å². The maximum absolute atomic E-state index is 12.9. The van der Waals surface area contributed by atoms with Gasteiger partial charge in [0.15, 0.2) is 5.52 Å². The Bertz CT molecular complexity index is 489. The van der Waals surface area contributed by atoms with Crippen molar-refractivity contribution in [2.45, 2.75) is 73.1 Å². The van der Waals surface area contributed by atoms with E-state index in [1.807, 2.05) is 0 Å². The molecule has 0 N–H and O–H groups in total. The number of carbonyl (C=O) groups is 1. The van der Waals surface area contributed by atoms with E-state index in [1.165, 1.54) is 16.7 Å². The van der Waals surface area contributed by atoms with Crippen LogP contribution in [0.1, 0.15) is 100 Å². The zero-order valence-corrected chi connectivity index (χ0v) is 17.6. The molecule has 0 fully saturated rings. The second kappa shape index (κ2) is 10.0. The van der Waals surface area contributed by atoms with Crippen molar-refractivity contribution in [3.63, 3.8) is 0 Å². The normalized spacial score (nSPS) is 12.0. The van der Waals surface area contributed by atoms with E-state index in [1.54, 1.807) is 0 Å². The Labute approximate surface area is 157 Å². The van der Waals surface area contributed by atoms with E-state index in [0.717, 1.165) is 11.7 Å². The van der Waals surface area contributed by atoms with Crippen LogP contribution in [0.5, 0.6) is 0 Å². The molecule has 0 amide bonds. The largest absolute Gasteiger partial charge is 0.289 e. The zero-order valence-electron chi connectivity index (χ0n) is 16.6. The van der Waals surface area contributed by atoms with Gasteiger partial charge in [-0.05, 0) is 55.1 Å². The molecule has 23 heavy (non-hydrogen) atoms. The third-order valence-electron chi connectivity index (χ3n) is 4.03. The van der Waals surface area contributed by atoms with Crippen LogP contribution in [0.2, 0.25) is 0 Å². The second-order valence-electron chi connectivity index (χ2n) is 7.64. The summed E-state index contributed by atoms with van der Waals surface area (Å²) in [5, 5.41) is 0. The summed E-state index contributed by atoms with van der Waals surface area (Å²) in [5.41, 5.74) is 5.23. The van der Waals surface area contributed by atoms with Crippen molar-refractivity contribution < 1.29 is 4.79 Å². The first-order valence-electron chi connectivity index (χ1n) is 8.61. The molecular weight excluding hydrogens is 294 g/mol. The van der Waals surface area contributed by atoms with Gasteiger partial charge < -0.3 is 0 Å². The Morgan fingerprint density at radius 1 is 0.870 bits per heavy atom. The van der Waals surface area contributed by atoms with Crippen LogP contribution in [-0.4, -0.2) is 30.5 Å². The van der Waals surface area contributed by atoms with E-state index in [0.29, 0.717) is 37.8 Å². The summed E-state index contributed by atoms with van der Waals surface area (Å²) in [6.45, 7) is 17.6. The first-order chi connectivity index (χ1) is 10.1. The summed E-state index contributed by atoms with van der Waals surface area (Å²) in [4.78, 5) is 12.9. The van der Waals surface area contributed by atoms with Gasteiger partial charge in [-0.15, -0.1) is 0 Å². The molecule has 1 aromatic rings. The van der Waals surface area contributed by atoms with E-state index < -0.39 is 0 Å². The quantitative estimate of drug-likeness (QED) is 0.433. The summed E-state index contributed by atoms with van der Waals surface area (Å²) >= 11 is 0. The predicted molar refractivity (Wildman–Crippen MR) is 107 cm³/mol. The van der Waals surface area contributed by atoms with E-state index in [4.69, 9.17) is 0 Å². The summed E-state index contributed by atoms with van der Waals surface area (Å²) in [5.74, 6) is 1.86. The van der Waals surface area contributed by atoms with E-state index in [9.17, 15) is 4.79 Å². The van der Waals surface area contributed by atoms with Crippen LogP contribution in [0.4, 0.5) is 0 Å². The summed E-state index contributed by atoms with van der Waals surface area (Å²) < 4.78 is 0. The van der Waals surface area contributed by atoms with Crippen molar-refractivity contribution in [2.24, 2.45) is 5.92 Å². The number of rotatable bonds is 7.